The molecule has 0 atom stereocenters. The fourth-order valence-electron chi connectivity index (χ4n) is 2.95. The minimum absolute atomic E-state index is 0.210. The molecule has 1 N–H and O–H groups in total. The monoisotopic (exact) mass is 323 g/mol. The molecule has 0 bridgehead atoms. The van der Waals surface area contributed by atoms with Crippen LogP contribution in [-0.2, 0) is 6.42 Å². The zero-order valence-corrected chi connectivity index (χ0v) is 14.5. The predicted molar refractivity (Wildman–Crippen MR) is 97.7 cm³/mol. The summed E-state index contributed by atoms with van der Waals surface area (Å²) >= 11 is 0. The van der Waals surface area contributed by atoms with Gasteiger partial charge in [-0.05, 0) is 55.2 Å². The molecule has 0 aliphatic carbocycles. The molecule has 4 nitrogen and oxygen atoms in total. The van der Waals surface area contributed by atoms with Crippen LogP contribution in [0.5, 0.6) is 5.75 Å². The summed E-state index contributed by atoms with van der Waals surface area (Å²) in [6, 6.07) is 11.7. The molecule has 0 aliphatic rings. The summed E-state index contributed by atoms with van der Waals surface area (Å²) < 4.78 is 0. The summed E-state index contributed by atoms with van der Waals surface area (Å²) in [5, 5.41) is 19.2. The lowest BCUT2D eigenvalue weighted by molar-refractivity contribution is 0.467. The van der Waals surface area contributed by atoms with Gasteiger partial charge in [-0.3, -0.25) is 0 Å². The van der Waals surface area contributed by atoms with E-state index in [9.17, 15) is 5.11 Å². The topological polar surface area (TPSA) is 50.9 Å². The maximum absolute atomic E-state index is 10.2. The van der Waals surface area contributed by atoms with Gasteiger partial charge < -0.3 is 5.11 Å². The van der Waals surface area contributed by atoms with E-state index < -0.39 is 0 Å². The number of phenolic OH excluding ortho intramolecular Hbond substituents is 1. The van der Waals surface area contributed by atoms with Gasteiger partial charge in [0.1, 0.15) is 22.5 Å². The number of benzene rings is 2. The average Bonchev–Trinajstić information content (AvgIpc) is 2.99. The molecular formula is C20H25N3O. The van der Waals surface area contributed by atoms with Crippen LogP contribution in [-0.4, -0.2) is 20.1 Å². The Morgan fingerprint density at radius 3 is 2.54 bits per heavy atom. The normalized spacial score (nSPS) is 11.2. The van der Waals surface area contributed by atoms with Gasteiger partial charge >= 0.3 is 0 Å². The average molecular weight is 323 g/mol. The Morgan fingerprint density at radius 1 is 0.917 bits per heavy atom. The molecule has 0 spiro atoms. The highest BCUT2D eigenvalue weighted by atomic mass is 16.3. The third kappa shape index (κ3) is 3.75. The summed E-state index contributed by atoms with van der Waals surface area (Å²) in [7, 11) is 0. The molecule has 0 saturated heterocycles. The molecule has 0 fully saturated rings. The van der Waals surface area contributed by atoms with Crippen molar-refractivity contribution in [1.29, 1.82) is 0 Å². The van der Waals surface area contributed by atoms with Crippen molar-refractivity contribution >= 4 is 11.0 Å². The standard InChI is InChI=1S/C20H25N3O/c1-3-4-5-6-7-8-16-10-12-20(24)19(14-16)23-21-17-11-9-15(2)13-18(17)22-23/h9-14,24H,3-8H2,1-2H3. The first-order valence-electron chi connectivity index (χ1n) is 8.83. The van der Waals surface area contributed by atoms with Crippen LogP contribution < -0.4 is 0 Å². The van der Waals surface area contributed by atoms with Gasteiger partial charge in [-0.25, -0.2) is 0 Å². The van der Waals surface area contributed by atoms with Crippen LogP contribution in [0.25, 0.3) is 16.7 Å². The largest absolute Gasteiger partial charge is 0.506 e. The van der Waals surface area contributed by atoms with Crippen LogP contribution >= 0.6 is 0 Å². The highest BCUT2D eigenvalue weighted by Gasteiger charge is 2.10. The highest BCUT2D eigenvalue weighted by molar-refractivity contribution is 5.74. The van der Waals surface area contributed by atoms with Crippen molar-refractivity contribution in [2.24, 2.45) is 0 Å². The van der Waals surface area contributed by atoms with E-state index in [0.29, 0.717) is 5.69 Å². The Hall–Kier alpha value is -2.36. The Bertz CT molecular complexity index is 823. The Labute approximate surface area is 143 Å². The van der Waals surface area contributed by atoms with Gasteiger partial charge in [0.15, 0.2) is 0 Å². The summed E-state index contributed by atoms with van der Waals surface area (Å²) in [4.78, 5) is 1.54. The maximum atomic E-state index is 10.2. The summed E-state index contributed by atoms with van der Waals surface area (Å²) in [5.41, 5.74) is 4.70. The molecule has 0 aliphatic heterocycles. The van der Waals surface area contributed by atoms with Crippen LogP contribution in [0.4, 0.5) is 0 Å². The van der Waals surface area contributed by atoms with E-state index >= 15 is 0 Å². The first-order valence-corrected chi connectivity index (χ1v) is 8.83. The van der Waals surface area contributed by atoms with Crippen LogP contribution in [0.2, 0.25) is 0 Å². The Morgan fingerprint density at radius 2 is 1.71 bits per heavy atom. The molecule has 126 valence electrons. The lowest BCUT2D eigenvalue weighted by Gasteiger charge is -2.07. The fourth-order valence-corrected chi connectivity index (χ4v) is 2.95. The summed E-state index contributed by atoms with van der Waals surface area (Å²) in [6.07, 6.45) is 7.33. The number of aromatic nitrogens is 3. The molecule has 0 amide bonds. The van der Waals surface area contributed by atoms with E-state index in [1.54, 1.807) is 10.9 Å². The van der Waals surface area contributed by atoms with E-state index in [-0.39, 0.29) is 5.75 Å². The molecule has 0 unspecified atom stereocenters. The van der Waals surface area contributed by atoms with Gasteiger partial charge in [0, 0.05) is 0 Å². The third-order valence-corrected chi connectivity index (χ3v) is 4.36. The summed E-state index contributed by atoms with van der Waals surface area (Å²) in [5.74, 6) is 0.210. The number of fused-ring (bicyclic) bond motifs is 1. The van der Waals surface area contributed by atoms with Gasteiger partial charge in [0.25, 0.3) is 0 Å². The van der Waals surface area contributed by atoms with Crippen LogP contribution in [0.3, 0.4) is 0 Å². The van der Waals surface area contributed by atoms with Crippen molar-refractivity contribution in [3.63, 3.8) is 0 Å². The van der Waals surface area contributed by atoms with Crippen molar-refractivity contribution < 1.29 is 5.11 Å². The molecular weight excluding hydrogens is 298 g/mol. The quantitative estimate of drug-likeness (QED) is 0.626. The second-order valence-corrected chi connectivity index (χ2v) is 6.47. The molecule has 2 aromatic carbocycles. The molecule has 0 saturated carbocycles. The predicted octanol–water partition coefficient (Wildman–Crippen LogP) is 4.95. The molecule has 4 heteroatoms. The van der Waals surface area contributed by atoms with Gasteiger partial charge in [-0.2, -0.15) is 0 Å². The number of hydrogen-bond acceptors (Lipinski definition) is 3. The zero-order valence-electron chi connectivity index (χ0n) is 14.5. The van der Waals surface area contributed by atoms with Crippen molar-refractivity contribution in [1.82, 2.24) is 15.0 Å². The van der Waals surface area contributed by atoms with E-state index in [0.717, 1.165) is 23.0 Å². The zero-order chi connectivity index (χ0) is 16.9. The molecule has 3 rings (SSSR count). The van der Waals surface area contributed by atoms with E-state index in [1.165, 1.54) is 37.7 Å². The number of nitrogens with zero attached hydrogens (tertiary/aromatic N) is 3. The summed E-state index contributed by atoms with van der Waals surface area (Å²) in [6.45, 7) is 4.27. The first-order chi connectivity index (χ1) is 11.7. The number of unbranched alkanes of at least 4 members (excludes halogenated alkanes) is 4. The molecule has 1 heterocycles. The Balaban J connectivity index is 1.79. The lowest BCUT2D eigenvalue weighted by Crippen LogP contribution is -2.00. The van der Waals surface area contributed by atoms with Crippen molar-refractivity contribution in [2.45, 2.75) is 52.4 Å². The van der Waals surface area contributed by atoms with E-state index in [2.05, 4.69) is 17.1 Å². The van der Waals surface area contributed by atoms with Crippen LogP contribution in [0.1, 0.15) is 50.2 Å². The van der Waals surface area contributed by atoms with Crippen molar-refractivity contribution in [3.05, 3.63) is 47.5 Å². The smallest absolute Gasteiger partial charge is 0.143 e. The van der Waals surface area contributed by atoms with Crippen LogP contribution in [0.15, 0.2) is 36.4 Å². The van der Waals surface area contributed by atoms with Crippen molar-refractivity contribution in [3.8, 4) is 11.4 Å². The number of phenols is 1. The van der Waals surface area contributed by atoms with Gasteiger partial charge in [0.2, 0.25) is 0 Å². The van der Waals surface area contributed by atoms with Gasteiger partial charge in [0.05, 0.1) is 0 Å². The minimum Gasteiger partial charge on any atom is -0.506 e. The second kappa shape index (κ2) is 7.47. The number of rotatable bonds is 7. The van der Waals surface area contributed by atoms with Crippen LogP contribution in [0, 0.1) is 6.92 Å². The fraction of sp³-hybridized carbons (Fsp3) is 0.400. The third-order valence-electron chi connectivity index (χ3n) is 4.36. The molecule has 24 heavy (non-hydrogen) atoms. The maximum Gasteiger partial charge on any atom is 0.143 e. The number of aryl methyl sites for hydroxylation is 2. The highest BCUT2D eigenvalue weighted by Crippen LogP contribution is 2.24. The second-order valence-electron chi connectivity index (χ2n) is 6.47. The van der Waals surface area contributed by atoms with Gasteiger partial charge in [-0.1, -0.05) is 44.7 Å². The molecule has 0 radical (unpaired) electrons. The Kier molecular flexibility index (Phi) is 5.14. The molecule has 3 aromatic rings. The number of hydrogen-bond donors (Lipinski definition) is 1. The van der Waals surface area contributed by atoms with Gasteiger partial charge in [-0.15, -0.1) is 15.0 Å². The molecule has 1 aromatic heterocycles. The minimum atomic E-state index is 0.210. The van der Waals surface area contributed by atoms with E-state index in [1.807, 2.05) is 37.3 Å². The van der Waals surface area contributed by atoms with Crippen molar-refractivity contribution in [2.75, 3.05) is 0 Å². The number of aromatic hydroxyl groups is 1. The van der Waals surface area contributed by atoms with E-state index in [4.69, 9.17) is 0 Å². The first kappa shape index (κ1) is 16.5. The SMILES string of the molecule is CCCCCCCc1ccc(O)c(-n2nc3ccc(C)cc3n2)c1. The lowest BCUT2D eigenvalue weighted by atomic mass is 10.0.